The molecule has 2 rings (SSSR count). The van der Waals surface area contributed by atoms with Gasteiger partial charge < -0.3 is 4.74 Å². The van der Waals surface area contributed by atoms with E-state index in [-0.39, 0.29) is 24.5 Å². The monoisotopic (exact) mass is 265 g/mol. The van der Waals surface area contributed by atoms with Gasteiger partial charge in [-0.15, -0.1) is 0 Å². The molecular formula is C13H22F3NO. The largest absolute Gasteiger partial charge is 0.414 e. The topological polar surface area (TPSA) is 12.5 Å². The maximum atomic E-state index is 12.6. The quantitative estimate of drug-likeness (QED) is 0.761. The first-order valence-corrected chi connectivity index (χ1v) is 6.65. The molecule has 106 valence electrons. The van der Waals surface area contributed by atoms with Crippen molar-refractivity contribution < 1.29 is 17.9 Å². The molecule has 0 radical (unpaired) electrons. The van der Waals surface area contributed by atoms with Gasteiger partial charge in [0.1, 0.15) is 0 Å². The Bertz CT molecular complexity index is 297. The van der Waals surface area contributed by atoms with Crippen LogP contribution in [0, 0.1) is 11.3 Å². The lowest BCUT2D eigenvalue weighted by atomic mass is 9.71. The third-order valence-corrected chi connectivity index (χ3v) is 4.66. The van der Waals surface area contributed by atoms with E-state index in [4.69, 9.17) is 4.74 Å². The van der Waals surface area contributed by atoms with Gasteiger partial charge in [-0.05, 0) is 24.2 Å². The first kappa shape index (κ1) is 14.1. The average molecular weight is 265 g/mol. The van der Waals surface area contributed by atoms with Crippen LogP contribution in [-0.4, -0.2) is 42.9 Å². The van der Waals surface area contributed by atoms with E-state index in [2.05, 4.69) is 25.7 Å². The van der Waals surface area contributed by atoms with Crippen molar-refractivity contribution in [2.45, 2.75) is 51.9 Å². The predicted octanol–water partition coefficient (Wildman–Crippen LogP) is 3.07. The van der Waals surface area contributed by atoms with Crippen molar-refractivity contribution in [2.75, 3.05) is 19.7 Å². The number of halogens is 3. The number of rotatable bonds is 2. The molecule has 0 N–H and O–H groups in total. The second kappa shape index (κ2) is 4.67. The third kappa shape index (κ3) is 2.67. The second-order valence-electron chi connectivity index (χ2n) is 6.29. The van der Waals surface area contributed by atoms with Gasteiger partial charge in [0.2, 0.25) is 0 Å². The van der Waals surface area contributed by atoms with Gasteiger partial charge in [0, 0.05) is 25.7 Å². The van der Waals surface area contributed by atoms with Gasteiger partial charge >= 0.3 is 6.18 Å². The van der Waals surface area contributed by atoms with Gasteiger partial charge in [0.25, 0.3) is 0 Å². The highest BCUT2D eigenvalue weighted by atomic mass is 19.4. The number of hydrogen-bond donors (Lipinski definition) is 0. The first-order valence-electron chi connectivity index (χ1n) is 6.65. The summed E-state index contributed by atoms with van der Waals surface area (Å²) in [6.45, 7) is 8.64. The molecule has 0 amide bonds. The van der Waals surface area contributed by atoms with Crippen molar-refractivity contribution >= 4 is 0 Å². The lowest BCUT2D eigenvalue weighted by Crippen LogP contribution is -2.62. The van der Waals surface area contributed by atoms with E-state index < -0.39 is 12.3 Å². The van der Waals surface area contributed by atoms with E-state index in [9.17, 15) is 13.2 Å². The van der Waals surface area contributed by atoms with Gasteiger partial charge in [-0.3, -0.25) is 4.90 Å². The molecule has 2 saturated heterocycles. The molecule has 0 aromatic rings. The van der Waals surface area contributed by atoms with Crippen LogP contribution in [0.5, 0.6) is 0 Å². The van der Waals surface area contributed by atoms with Crippen LogP contribution in [0.2, 0.25) is 0 Å². The average Bonchev–Trinajstić information content (AvgIpc) is 2.23. The lowest BCUT2D eigenvalue weighted by molar-refractivity contribution is -0.240. The van der Waals surface area contributed by atoms with E-state index in [0.29, 0.717) is 5.92 Å². The van der Waals surface area contributed by atoms with Gasteiger partial charge in [0.15, 0.2) is 6.10 Å². The van der Waals surface area contributed by atoms with Gasteiger partial charge in [-0.1, -0.05) is 20.8 Å². The van der Waals surface area contributed by atoms with Crippen LogP contribution in [0.1, 0.15) is 33.6 Å². The van der Waals surface area contributed by atoms with Crippen LogP contribution in [0.3, 0.4) is 0 Å². The summed E-state index contributed by atoms with van der Waals surface area (Å²) in [7, 11) is 0. The first-order chi connectivity index (χ1) is 8.22. The van der Waals surface area contributed by atoms with Crippen LogP contribution < -0.4 is 0 Å². The highest BCUT2D eigenvalue weighted by molar-refractivity contribution is 4.98. The lowest BCUT2D eigenvalue weighted by Gasteiger charge is -2.55. The van der Waals surface area contributed by atoms with Crippen LogP contribution >= 0.6 is 0 Å². The maximum absolute atomic E-state index is 12.6. The Kier molecular flexibility index (Phi) is 3.67. The number of likely N-dealkylation sites (tertiary alicyclic amines) is 1. The molecule has 18 heavy (non-hydrogen) atoms. The normalized spacial score (nSPS) is 33.5. The number of alkyl halides is 3. The zero-order valence-corrected chi connectivity index (χ0v) is 11.3. The number of hydrogen-bond acceptors (Lipinski definition) is 2. The minimum atomic E-state index is -4.22. The smallest absolute Gasteiger partial charge is 0.369 e. The summed E-state index contributed by atoms with van der Waals surface area (Å²) in [6.07, 6.45) is -4.97. The number of ether oxygens (including phenoxy) is 1. The van der Waals surface area contributed by atoms with E-state index in [1.54, 1.807) is 0 Å². The molecule has 0 aromatic carbocycles. The van der Waals surface area contributed by atoms with Crippen molar-refractivity contribution in [2.24, 2.45) is 11.3 Å². The fourth-order valence-electron chi connectivity index (χ4n) is 2.84. The molecule has 5 heteroatoms. The SMILES string of the molecule is CC(C)C1(C)CN(C2CCOC(C(F)(F)F)C2)C1. The molecule has 2 unspecified atom stereocenters. The molecule has 0 saturated carbocycles. The summed E-state index contributed by atoms with van der Waals surface area (Å²) in [4.78, 5) is 2.20. The van der Waals surface area contributed by atoms with Gasteiger partial charge in [0.05, 0.1) is 0 Å². The van der Waals surface area contributed by atoms with Crippen molar-refractivity contribution in [3.8, 4) is 0 Å². The molecule has 2 aliphatic heterocycles. The molecule has 0 aromatic heterocycles. The number of nitrogens with zero attached hydrogens (tertiary/aromatic N) is 1. The summed E-state index contributed by atoms with van der Waals surface area (Å²) in [5.41, 5.74) is 0.270. The van der Waals surface area contributed by atoms with Crippen molar-refractivity contribution in [1.82, 2.24) is 4.90 Å². The molecule has 2 fully saturated rings. The zero-order valence-electron chi connectivity index (χ0n) is 11.3. The standard InChI is InChI=1S/C13H22F3NO/c1-9(2)12(3)7-17(8-12)10-4-5-18-11(6-10)13(14,15)16/h9-11H,4-8H2,1-3H3. The van der Waals surface area contributed by atoms with Crippen molar-refractivity contribution in [1.29, 1.82) is 0 Å². The zero-order chi connectivity index (χ0) is 13.6. The highest BCUT2D eigenvalue weighted by Gasteiger charge is 2.49. The Morgan fingerprint density at radius 2 is 1.89 bits per heavy atom. The Labute approximate surface area is 106 Å². The van der Waals surface area contributed by atoms with Crippen LogP contribution in [0.15, 0.2) is 0 Å². The molecular weight excluding hydrogens is 243 g/mol. The fraction of sp³-hybridized carbons (Fsp3) is 1.00. The van der Waals surface area contributed by atoms with E-state index >= 15 is 0 Å². The molecule has 0 aliphatic carbocycles. The maximum Gasteiger partial charge on any atom is 0.414 e. The van der Waals surface area contributed by atoms with Crippen LogP contribution in [0.4, 0.5) is 13.2 Å². The Morgan fingerprint density at radius 1 is 1.28 bits per heavy atom. The van der Waals surface area contributed by atoms with Gasteiger partial charge in [-0.25, -0.2) is 0 Å². The minimum absolute atomic E-state index is 0.0391. The fourth-order valence-corrected chi connectivity index (χ4v) is 2.84. The molecule has 2 heterocycles. The predicted molar refractivity (Wildman–Crippen MR) is 63.3 cm³/mol. The summed E-state index contributed by atoms with van der Waals surface area (Å²) in [5.74, 6) is 0.576. The Hall–Kier alpha value is -0.290. The Balaban J connectivity index is 1.89. The summed E-state index contributed by atoms with van der Waals surface area (Å²) >= 11 is 0. The van der Waals surface area contributed by atoms with Crippen LogP contribution in [-0.2, 0) is 4.74 Å². The molecule has 0 spiro atoms. The van der Waals surface area contributed by atoms with E-state index in [1.807, 2.05) is 0 Å². The molecule has 2 aliphatic rings. The molecule has 2 nitrogen and oxygen atoms in total. The van der Waals surface area contributed by atoms with Gasteiger partial charge in [-0.2, -0.15) is 13.2 Å². The minimum Gasteiger partial charge on any atom is -0.369 e. The molecule has 0 bridgehead atoms. The van der Waals surface area contributed by atoms with E-state index in [1.165, 1.54) is 0 Å². The van der Waals surface area contributed by atoms with Crippen molar-refractivity contribution in [3.05, 3.63) is 0 Å². The summed E-state index contributed by atoms with van der Waals surface area (Å²) < 4.78 is 42.7. The van der Waals surface area contributed by atoms with E-state index in [0.717, 1.165) is 19.5 Å². The van der Waals surface area contributed by atoms with Crippen molar-refractivity contribution in [3.63, 3.8) is 0 Å². The highest BCUT2D eigenvalue weighted by Crippen LogP contribution is 2.41. The summed E-state index contributed by atoms with van der Waals surface area (Å²) in [6, 6.07) is 0.0391. The second-order valence-corrected chi connectivity index (χ2v) is 6.29. The van der Waals surface area contributed by atoms with Crippen LogP contribution in [0.25, 0.3) is 0 Å². The summed E-state index contributed by atoms with van der Waals surface area (Å²) in [5, 5.41) is 0. The third-order valence-electron chi connectivity index (χ3n) is 4.66. The Morgan fingerprint density at radius 3 is 2.39 bits per heavy atom. The molecule has 2 atom stereocenters.